The van der Waals surface area contributed by atoms with Crippen LogP contribution in [0.2, 0.25) is 0 Å². The van der Waals surface area contributed by atoms with E-state index in [0.29, 0.717) is 10.9 Å². The molecule has 0 aromatic carbocycles. The molecule has 0 amide bonds. The third-order valence-electron chi connectivity index (χ3n) is 2.53. The molecule has 21 heavy (non-hydrogen) atoms. The maximum atomic E-state index is 12.1. The summed E-state index contributed by atoms with van der Waals surface area (Å²) in [5.74, 6) is 0.117. The van der Waals surface area contributed by atoms with E-state index in [0.717, 1.165) is 4.74 Å². The first-order chi connectivity index (χ1) is 9.74. The Morgan fingerprint density at radius 1 is 1.38 bits per heavy atom. The zero-order valence-electron chi connectivity index (χ0n) is 11.3. The lowest BCUT2D eigenvalue weighted by molar-refractivity contribution is -0.487. The average molecular weight is 321 g/mol. The molecular formula is C13H14F3NO3S. The minimum Gasteiger partial charge on any atom is -0.624 e. The summed E-state index contributed by atoms with van der Waals surface area (Å²) < 4.78 is 46.4. The van der Waals surface area contributed by atoms with Crippen LogP contribution >= 0.6 is 10.9 Å². The molecule has 1 aromatic rings. The van der Waals surface area contributed by atoms with Crippen molar-refractivity contribution in [2.75, 3.05) is 0 Å². The average Bonchev–Trinajstić information content (AvgIpc) is 2.95. The van der Waals surface area contributed by atoms with E-state index in [-0.39, 0.29) is 11.8 Å². The van der Waals surface area contributed by atoms with Gasteiger partial charge in [0.2, 0.25) is 6.21 Å². The number of halogens is 3. The van der Waals surface area contributed by atoms with Crippen molar-refractivity contribution in [1.82, 2.24) is 0 Å². The van der Waals surface area contributed by atoms with Crippen molar-refractivity contribution in [3.63, 3.8) is 0 Å². The van der Waals surface area contributed by atoms with Gasteiger partial charge in [0.15, 0.2) is 11.8 Å². The van der Waals surface area contributed by atoms with Crippen LogP contribution in [0, 0.1) is 5.21 Å². The SMILES string of the molecule is CC(C)[N+]([O-])=Cc1ccc([SH]2C=CC(OC(F)(F)F)=C2)o1. The number of thiol groups is 1. The monoisotopic (exact) mass is 321 g/mol. The first kappa shape index (κ1) is 15.6. The van der Waals surface area contributed by atoms with Gasteiger partial charge >= 0.3 is 6.36 Å². The Labute approximate surface area is 122 Å². The summed E-state index contributed by atoms with van der Waals surface area (Å²) in [5.41, 5.74) is 0. The molecule has 0 radical (unpaired) electrons. The third-order valence-corrected chi connectivity index (χ3v) is 4.28. The molecule has 1 unspecified atom stereocenters. The minimum absolute atomic E-state index is 0.220. The molecule has 2 heterocycles. The molecule has 0 saturated heterocycles. The van der Waals surface area contributed by atoms with E-state index in [1.165, 1.54) is 17.7 Å². The van der Waals surface area contributed by atoms with Gasteiger partial charge in [-0.2, -0.15) is 10.9 Å². The molecule has 4 nitrogen and oxygen atoms in total. The van der Waals surface area contributed by atoms with Gasteiger partial charge in [0, 0.05) is 5.41 Å². The molecule has 0 fully saturated rings. The number of hydrogen-bond donors (Lipinski definition) is 1. The number of rotatable bonds is 4. The first-order valence-electron chi connectivity index (χ1n) is 6.09. The Hall–Kier alpha value is -1.83. The standard InChI is InChI=1S/C13H14F3NO3S/c1-9(2)17(18)7-10-3-4-12(19-10)21-6-5-11(8-21)20-13(14,15)16/h3-9,21H,1-2H3. The van der Waals surface area contributed by atoms with Crippen molar-refractivity contribution in [2.24, 2.45) is 0 Å². The maximum absolute atomic E-state index is 12.1. The first-order valence-corrected chi connectivity index (χ1v) is 7.57. The summed E-state index contributed by atoms with van der Waals surface area (Å²) in [6.07, 6.45) is -2.14. The fourth-order valence-electron chi connectivity index (χ4n) is 1.53. The number of alkyl halides is 3. The van der Waals surface area contributed by atoms with E-state index in [1.54, 1.807) is 31.4 Å². The van der Waals surface area contributed by atoms with Gasteiger partial charge in [0.25, 0.3) is 0 Å². The summed E-state index contributed by atoms with van der Waals surface area (Å²) in [7, 11) is -1.13. The second kappa shape index (κ2) is 5.88. The van der Waals surface area contributed by atoms with Gasteiger partial charge in [-0.3, -0.25) is 0 Å². The molecule has 0 bridgehead atoms. The summed E-state index contributed by atoms with van der Waals surface area (Å²) >= 11 is 0. The van der Waals surface area contributed by atoms with Gasteiger partial charge in [-0.1, -0.05) is 0 Å². The van der Waals surface area contributed by atoms with Crippen molar-refractivity contribution in [2.45, 2.75) is 31.3 Å². The van der Waals surface area contributed by atoms with Gasteiger partial charge in [0.05, 0.1) is 0 Å². The lowest BCUT2D eigenvalue weighted by atomic mass is 10.4. The van der Waals surface area contributed by atoms with Crippen LogP contribution in [0.15, 0.2) is 44.3 Å². The fourth-order valence-corrected chi connectivity index (χ4v) is 3.07. The Morgan fingerprint density at radius 3 is 2.71 bits per heavy atom. The van der Waals surface area contributed by atoms with E-state index in [9.17, 15) is 18.4 Å². The van der Waals surface area contributed by atoms with Gasteiger partial charge in [-0.05, 0) is 37.5 Å². The Morgan fingerprint density at radius 2 is 2.10 bits per heavy atom. The van der Waals surface area contributed by atoms with Gasteiger partial charge < -0.3 is 14.4 Å². The molecule has 0 N–H and O–H groups in total. The number of hydrogen-bond acceptors (Lipinski definition) is 3. The van der Waals surface area contributed by atoms with Gasteiger partial charge in [-0.25, -0.2) is 4.74 Å². The van der Waals surface area contributed by atoms with E-state index in [1.807, 2.05) is 0 Å². The summed E-state index contributed by atoms with van der Waals surface area (Å²) in [4.78, 5) is 0. The Balaban J connectivity index is 2.10. The maximum Gasteiger partial charge on any atom is 0.573 e. The Kier molecular flexibility index (Phi) is 4.36. The zero-order valence-corrected chi connectivity index (χ0v) is 12.2. The van der Waals surface area contributed by atoms with E-state index >= 15 is 0 Å². The number of hydroxylamine groups is 1. The number of allylic oxidation sites excluding steroid dienone is 1. The topological polar surface area (TPSA) is 48.4 Å². The summed E-state index contributed by atoms with van der Waals surface area (Å²) in [6, 6.07) is 3.03. The van der Waals surface area contributed by atoms with Crippen LogP contribution in [0.25, 0.3) is 0 Å². The van der Waals surface area contributed by atoms with Crippen LogP contribution in [0.4, 0.5) is 13.2 Å². The zero-order chi connectivity index (χ0) is 15.6. The second-order valence-electron chi connectivity index (χ2n) is 4.56. The molecule has 1 aromatic heterocycles. The predicted molar refractivity (Wildman–Crippen MR) is 74.3 cm³/mol. The minimum atomic E-state index is -4.70. The van der Waals surface area contributed by atoms with Crippen molar-refractivity contribution in [3.8, 4) is 0 Å². The molecule has 1 atom stereocenters. The molecule has 2 rings (SSSR count). The van der Waals surface area contributed by atoms with Crippen molar-refractivity contribution in [3.05, 3.63) is 45.8 Å². The molecular weight excluding hydrogens is 307 g/mol. The fraction of sp³-hybridized carbons (Fsp3) is 0.308. The van der Waals surface area contributed by atoms with Gasteiger partial charge in [-0.15, -0.1) is 13.2 Å². The smallest absolute Gasteiger partial charge is 0.573 e. The van der Waals surface area contributed by atoms with Gasteiger partial charge in [0.1, 0.15) is 10.9 Å². The lowest BCUT2D eigenvalue weighted by Crippen LogP contribution is -2.14. The molecule has 1 aliphatic rings. The summed E-state index contributed by atoms with van der Waals surface area (Å²) in [6.45, 7) is 3.47. The molecule has 0 aliphatic carbocycles. The number of ether oxygens (including phenoxy) is 1. The predicted octanol–water partition coefficient (Wildman–Crippen LogP) is 3.88. The Bertz CT molecular complexity index is 602. The lowest BCUT2D eigenvalue weighted by Gasteiger charge is -2.08. The molecule has 1 aliphatic heterocycles. The highest BCUT2D eigenvalue weighted by Crippen LogP contribution is 2.45. The van der Waals surface area contributed by atoms with E-state index in [4.69, 9.17) is 4.42 Å². The van der Waals surface area contributed by atoms with Crippen LogP contribution in [0.5, 0.6) is 0 Å². The second-order valence-corrected chi connectivity index (χ2v) is 6.37. The third kappa shape index (κ3) is 4.32. The van der Waals surface area contributed by atoms with Crippen molar-refractivity contribution < 1.29 is 27.1 Å². The molecule has 116 valence electrons. The van der Waals surface area contributed by atoms with Crippen LogP contribution in [0.3, 0.4) is 0 Å². The normalized spacial score (nSPS) is 21.0. The number of nitrogens with zero attached hydrogens (tertiary/aromatic N) is 1. The van der Waals surface area contributed by atoms with Crippen LogP contribution in [-0.4, -0.2) is 23.4 Å². The van der Waals surface area contributed by atoms with E-state index < -0.39 is 17.3 Å². The summed E-state index contributed by atoms with van der Waals surface area (Å²) in [5, 5.41) is 14.9. The highest BCUT2D eigenvalue weighted by molar-refractivity contribution is 8.22. The molecule has 0 spiro atoms. The van der Waals surface area contributed by atoms with Crippen LogP contribution in [-0.2, 0) is 4.74 Å². The highest BCUT2D eigenvalue weighted by Gasteiger charge is 2.32. The van der Waals surface area contributed by atoms with Crippen molar-refractivity contribution >= 4 is 17.1 Å². The largest absolute Gasteiger partial charge is 0.624 e. The highest BCUT2D eigenvalue weighted by atomic mass is 32.2. The molecule has 8 heteroatoms. The molecule has 0 saturated carbocycles. The quantitative estimate of drug-likeness (QED) is 0.301. The van der Waals surface area contributed by atoms with E-state index in [2.05, 4.69) is 4.74 Å². The van der Waals surface area contributed by atoms with Crippen LogP contribution in [0.1, 0.15) is 19.6 Å². The number of furan rings is 1. The van der Waals surface area contributed by atoms with Crippen molar-refractivity contribution in [1.29, 1.82) is 0 Å². The van der Waals surface area contributed by atoms with Crippen LogP contribution < -0.4 is 0 Å².